The van der Waals surface area contributed by atoms with Gasteiger partial charge in [0.1, 0.15) is 0 Å². The standard InChI is InChI=1S/C29H30N2/c1-3-29(30,4-2)28-18-12-11-17-27(28)23-19-21-26(22-20-23)31(24-13-7-5-8-14-24)25-15-9-6-10-16-25/h5-22H,3-4,30H2,1-2H3. The van der Waals surface area contributed by atoms with Gasteiger partial charge in [-0.25, -0.2) is 0 Å². The number of para-hydroxylation sites is 2. The second kappa shape index (κ2) is 9.20. The van der Waals surface area contributed by atoms with Gasteiger partial charge in [0.25, 0.3) is 0 Å². The predicted octanol–water partition coefficient (Wildman–Crippen LogP) is 7.80. The van der Waals surface area contributed by atoms with Gasteiger partial charge in [0, 0.05) is 22.6 Å². The van der Waals surface area contributed by atoms with Gasteiger partial charge in [-0.2, -0.15) is 0 Å². The second-order valence-electron chi connectivity index (χ2n) is 7.96. The molecule has 4 aromatic rings. The van der Waals surface area contributed by atoms with Crippen LogP contribution in [0.5, 0.6) is 0 Å². The first-order valence-corrected chi connectivity index (χ1v) is 11.1. The maximum atomic E-state index is 6.78. The number of anilines is 3. The minimum atomic E-state index is -0.310. The van der Waals surface area contributed by atoms with Gasteiger partial charge in [-0.1, -0.05) is 86.6 Å². The molecule has 0 saturated heterocycles. The normalized spacial score (nSPS) is 11.3. The summed E-state index contributed by atoms with van der Waals surface area (Å²) in [6.45, 7) is 4.34. The van der Waals surface area contributed by atoms with Gasteiger partial charge in [0.15, 0.2) is 0 Å². The maximum absolute atomic E-state index is 6.78. The smallest absolute Gasteiger partial charge is 0.0462 e. The zero-order chi connectivity index (χ0) is 21.7. The van der Waals surface area contributed by atoms with Crippen LogP contribution in [-0.2, 0) is 5.54 Å². The molecule has 2 nitrogen and oxygen atoms in total. The highest BCUT2D eigenvalue weighted by molar-refractivity contribution is 5.78. The van der Waals surface area contributed by atoms with Crippen molar-refractivity contribution in [2.24, 2.45) is 5.73 Å². The van der Waals surface area contributed by atoms with Gasteiger partial charge >= 0.3 is 0 Å². The highest BCUT2D eigenvalue weighted by atomic mass is 15.1. The van der Waals surface area contributed by atoms with Crippen LogP contribution in [0.15, 0.2) is 109 Å². The number of nitrogens with two attached hydrogens (primary N) is 1. The Morgan fingerprint density at radius 3 is 1.55 bits per heavy atom. The molecule has 4 aromatic carbocycles. The van der Waals surface area contributed by atoms with E-state index in [9.17, 15) is 0 Å². The average Bonchev–Trinajstić information content (AvgIpc) is 2.85. The van der Waals surface area contributed by atoms with Crippen LogP contribution in [0.3, 0.4) is 0 Å². The molecule has 2 heteroatoms. The molecule has 0 aromatic heterocycles. The minimum absolute atomic E-state index is 0.310. The van der Waals surface area contributed by atoms with Gasteiger partial charge in [0.05, 0.1) is 0 Å². The van der Waals surface area contributed by atoms with Crippen LogP contribution in [0.2, 0.25) is 0 Å². The van der Waals surface area contributed by atoms with E-state index in [1.165, 1.54) is 16.7 Å². The molecule has 156 valence electrons. The zero-order valence-electron chi connectivity index (χ0n) is 18.3. The lowest BCUT2D eigenvalue weighted by Gasteiger charge is -2.30. The molecule has 0 heterocycles. The molecule has 0 bridgehead atoms. The van der Waals surface area contributed by atoms with E-state index in [-0.39, 0.29) is 5.54 Å². The summed E-state index contributed by atoms with van der Waals surface area (Å²) in [6.07, 6.45) is 1.82. The molecule has 0 saturated carbocycles. The zero-order valence-corrected chi connectivity index (χ0v) is 18.3. The summed E-state index contributed by atoms with van der Waals surface area (Å²) in [5.41, 5.74) is 13.5. The quantitative estimate of drug-likeness (QED) is 0.339. The molecule has 2 N–H and O–H groups in total. The molecule has 0 amide bonds. The molecule has 0 aliphatic carbocycles. The van der Waals surface area contributed by atoms with Crippen LogP contribution in [0.25, 0.3) is 11.1 Å². The first-order valence-electron chi connectivity index (χ1n) is 11.1. The predicted molar refractivity (Wildman–Crippen MR) is 133 cm³/mol. The van der Waals surface area contributed by atoms with E-state index in [0.29, 0.717) is 0 Å². The Kier molecular flexibility index (Phi) is 6.20. The van der Waals surface area contributed by atoms with Crippen molar-refractivity contribution in [3.05, 3.63) is 115 Å². The monoisotopic (exact) mass is 406 g/mol. The number of nitrogens with zero attached hydrogens (tertiary/aromatic N) is 1. The number of rotatable bonds is 7. The summed E-state index contributed by atoms with van der Waals surface area (Å²) >= 11 is 0. The van der Waals surface area contributed by atoms with Crippen LogP contribution in [0.4, 0.5) is 17.1 Å². The fourth-order valence-corrected chi connectivity index (χ4v) is 4.19. The average molecular weight is 407 g/mol. The van der Waals surface area contributed by atoms with Crippen LogP contribution in [0.1, 0.15) is 32.3 Å². The number of hydrogen-bond donors (Lipinski definition) is 1. The van der Waals surface area contributed by atoms with E-state index in [2.05, 4.69) is 116 Å². The van der Waals surface area contributed by atoms with Crippen molar-refractivity contribution in [3.63, 3.8) is 0 Å². The van der Waals surface area contributed by atoms with Crippen LogP contribution in [0, 0.1) is 0 Å². The van der Waals surface area contributed by atoms with Crippen LogP contribution in [-0.4, -0.2) is 0 Å². The Morgan fingerprint density at radius 1 is 0.581 bits per heavy atom. The first kappa shape index (κ1) is 20.9. The lowest BCUT2D eigenvalue weighted by atomic mass is 9.81. The van der Waals surface area contributed by atoms with Crippen molar-refractivity contribution in [2.45, 2.75) is 32.2 Å². The van der Waals surface area contributed by atoms with Crippen molar-refractivity contribution in [1.82, 2.24) is 0 Å². The van der Waals surface area contributed by atoms with Gasteiger partial charge < -0.3 is 10.6 Å². The van der Waals surface area contributed by atoms with Gasteiger partial charge in [0.2, 0.25) is 0 Å². The molecular weight excluding hydrogens is 376 g/mol. The lowest BCUT2D eigenvalue weighted by molar-refractivity contribution is 0.414. The molecular formula is C29H30N2. The Morgan fingerprint density at radius 2 is 1.03 bits per heavy atom. The summed E-state index contributed by atoms with van der Waals surface area (Å²) in [6, 6.07) is 38.3. The summed E-state index contributed by atoms with van der Waals surface area (Å²) in [7, 11) is 0. The molecule has 0 atom stereocenters. The summed E-state index contributed by atoms with van der Waals surface area (Å²) in [5.74, 6) is 0. The molecule has 31 heavy (non-hydrogen) atoms. The molecule has 0 fully saturated rings. The van der Waals surface area contributed by atoms with Crippen molar-refractivity contribution < 1.29 is 0 Å². The third-order valence-electron chi connectivity index (χ3n) is 6.19. The van der Waals surface area contributed by atoms with E-state index in [0.717, 1.165) is 29.9 Å². The summed E-state index contributed by atoms with van der Waals surface area (Å²) in [5, 5.41) is 0. The fourth-order valence-electron chi connectivity index (χ4n) is 4.19. The Balaban J connectivity index is 1.76. The summed E-state index contributed by atoms with van der Waals surface area (Å²) in [4.78, 5) is 2.28. The lowest BCUT2D eigenvalue weighted by Crippen LogP contribution is -2.35. The molecule has 0 aliphatic heterocycles. The van der Waals surface area contributed by atoms with E-state index in [1.54, 1.807) is 0 Å². The molecule has 0 radical (unpaired) electrons. The second-order valence-corrected chi connectivity index (χ2v) is 7.96. The van der Waals surface area contributed by atoms with Crippen molar-refractivity contribution >= 4 is 17.1 Å². The van der Waals surface area contributed by atoms with Gasteiger partial charge in [-0.05, 0) is 65.9 Å². The SMILES string of the molecule is CCC(N)(CC)c1ccccc1-c1ccc(N(c2ccccc2)c2ccccc2)cc1. The third kappa shape index (κ3) is 4.26. The molecule has 0 unspecified atom stereocenters. The highest BCUT2D eigenvalue weighted by Gasteiger charge is 2.26. The molecule has 0 aliphatic rings. The first-order chi connectivity index (χ1) is 15.2. The Hall–Kier alpha value is -3.36. The maximum Gasteiger partial charge on any atom is 0.0462 e. The Labute approximate surface area is 186 Å². The summed E-state index contributed by atoms with van der Waals surface area (Å²) < 4.78 is 0. The Bertz CT molecular complexity index is 1060. The third-order valence-corrected chi connectivity index (χ3v) is 6.19. The van der Waals surface area contributed by atoms with Crippen molar-refractivity contribution in [1.29, 1.82) is 0 Å². The number of hydrogen-bond acceptors (Lipinski definition) is 2. The minimum Gasteiger partial charge on any atom is -0.321 e. The highest BCUT2D eigenvalue weighted by Crippen LogP contribution is 2.38. The van der Waals surface area contributed by atoms with Crippen molar-refractivity contribution in [3.8, 4) is 11.1 Å². The van der Waals surface area contributed by atoms with Crippen LogP contribution < -0.4 is 10.6 Å². The van der Waals surface area contributed by atoms with E-state index in [1.807, 2.05) is 12.1 Å². The van der Waals surface area contributed by atoms with E-state index < -0.39 is 0 Å². The van der Waals surface area contributed by atoms with Gasteiger partial charge in [-0.15, -0.1) is 0 Å². The fraction of sp³-hybridized carbons (Fsp3) is 0.172. The van der Waals surface area contributed by atoms with Crippen molar-refractivity contribution in [2.75, 3.05) is 4.90 Å². The topological polar surface area (TPSA) is 29.3 Å². The number of benzene rings is 4. The largest absolute Gasteiger partial charge is 0.321 e. The van der Waals surface area contributed by atoms with E-state index >= 15 is 0 Å². The molecule has 0 spiro atoms. The molecule has 4 rings (SSSR count). The van der Waals surface area contributed by atoms with E-state index in [4.69, 9.17) is 5.73 Å². The van der Waals surface area contributed by atoms with Crippen LogP contribution >= 0.6 is 0 Å². The van der Waals surface area contributed by atoms with Gasteiger partial charge in [-0.3, -0.25) is 0 Å².